The molecule has 1 aliphatic rings. The molecular weight excluding hydrogens is 371 g/mol. The van der Waals surface area contributed by atoms with E-state index in [1.807, 2.05) is 32.0 Å². The van der Waals surface area contributed by atoms with Gasteiger partial charge in [-0.15, -0.1) is 0 Å². The van der Waals surface area contributed by atoms with Crippen molar-refractivity contribution in [3.63, 3.8) is 0 Å². The molecule has 1 unspecified atom stereocenters. The lowest BCUT2D eigenvalue weighted by Gasteiger charge is -2.26. The van der Waals surface area contributed by atoms with E-state index < -0.39 is 11.9 Å². The number of rotatable bonds is 5. The summed E-state index contributed by atoms with van der Waals surface area (Å²) in [5.41, 5.74) is 1.54. The maximum atomic E-state index is 14.7. The van der Waals surface area contributed by atoms with Crippen molar-refractivity contribution < 1.29 is 13.6 Å². The molecule has 6 heteroatoms. The molecule has 0 radical (unpaired) electrons. The highest BCUT2D eigenvalue weighted by molar-refractivity contribution is 5.99. The maximum Gasteiger partial charge on any atom is 0.290 e. The number of amides is 1. The number of hydrogen-bond acceptors (Lipinski definition) is 4. The molecule has 0 aliphatic carbocycles. The summed E-state index contributed by atoms with van der Waals surface area (Å²) in [6.07, 6.45) is 0.699. The number of carbonyl (C=O) groups excluding carboxylic acids is 1. The van der Waals surface area contributed by atoms with Crippen LogP contribution in [0.5, 0.6) is 0 Å². The Hall–Kier alpha value is -2.99. The lowest BCUT2D eigenvalue weighted by Crippen LogP contribution is -2.32. The Balaban J connectivity index is 1.91. The van der Waals surface area contributed by atoms with E-state index >= 15 is 0 Å². The number of nitrogens with zero attached hydrogens (tertiary/aromatic N) is 2. The summed E-state index contributed by atoms with van der Waals surface area (Å²) in [6.45, 7) is 3.06. The Kier molecular flexibility index (Phi) is 4.96. The van der Waals surface area contributed by atoms with Crippen LogP contribution in [-0.2, 0) is 0 Å². The molecule has 2 heterocycles. The van der Waals surface area contributed by atoms with Crippen LogP contribution < -0.4 is 5.43 Å². The first-order chi connectivity index (χ1) is 13.9. The predicted molar refractivity (Wildman–Crippen MR) is 110 cm³/mol. The Morgan fingerprint density at radius 2 is 1.90 bits per heavy atom. The van der Waals surface area contributed by atoms with Crippen molar-refractivity contribution in [2.45, 2.75) is 19.4 Å². The van der Waals surface area contributed by atoms with Gasteiger partial charge in [-0.2, -0.15) is 0 Å². The van der Waals surface area contributed by atoms with Gasteiger partial charge in [0.05, 0.1) is 17.0 Å². The van der Waals surface area contributed by atoms with Gasteiger partial charge in [-0.1, -0.05) is 29.8 Å². The summed E-state index contributed by atoms with van der Waals surface area (Å²) < 4.78 is 20.6. The van der Waals surface area contributed by atoms with Gasteiger partial charge >= 0.3 is 0 Å². The van der Waals surface area contributed by atoms with Crippen molar-refractivity contribution in [2.75, 3.05) is 27.2 Å². The second-order valence-electron chi connectivity index (χ2n) is 7.75. The van der Waals surface area contributed by atoms with Crippen molar-refractivity contribution in [3.8, 4) is 0 Å². The molecule has 0 spiro atoms. The summed E-state index contributed by atoms with van der Waals surface area (Å²) in [7, 11) is 3.91. The number of carbonyl (C=O) groups is 1. The van der Waals surface area contributed by atoms with Crippen LogP contribution >= 0.6 is 0 Å². The summed E-state index contributed by atoms with van der Waals surface area (Å²) in [4.78, 5) is 30.1. The number of halogens is 1. The van der Waals surface area contributed by atoms with Crippen LogP contribution in [-0.4, -0.2) is 42.9 Å². The maximum absolute atomic E-state index is 14.7. The van der Waals surface area contributed by atoms with E-state index in [1.165, 1.54) is 6.07 Å². The van der Waals surface area contributed by atoms with E-state index in [1.54, 1.807) is 35.2 Å². The third kappa shape index (κ3) is 3.34. The Labute approximate surface area is 168 Å². The first kappa shape index (κ1) is 19.3. The van der Waals surface area contributed by atoms with Crippen molar-refractivity contribution in [1.29, 1.82) is 0 Å². The minimum absolute atomic E-state index is 0.0180. The van der Waals surface area contributed by atoms with Crippen LogP contribution in [0.4, 0.5) is 4.39 Å². The second kappa shape index (κ2) is 7.44. The average molecular weight is 394 g/mol. The van der Waals surface area contributed by atoms with Gasteiger partial charge in [0.25, 0.3) is 5.91 Å². The summed E-state index contributed by atoms with van der Waals surface area (Å²) >= 11 is 0. The molecule has 4 rings (SSSR count). The highest BCUT2D eigenvalue weighted by atomic mass is 19.1. The van der Waals surface area contributed by atoms with Crippen LogP contribution in [0.1, 0.15) is 39.7 Å². The fraction of sp³-hybridized carbons (Fsp3) is 0.304. The van der Waals surface area contributed by atoms with E-state index in [0.29, 0.717) is 29.5 Å². The molecule has 3 aromatic rings. The highest BCUT2D eigenvalue weighted by Gasteiger charge is 2.43. The largest absolute Gasteiger partial charge is 0.450 e. The molecular formula is C23H23FN2O3. The smallest absolute Gasteiger partial charge is 0.290 e. The topological polar surface area (TPSA) is 53.8 Å². The zero-order chi connectivity index (χ0) is 20.7. The second-order valence-corrected chi connectivity index (χ2v) is 7.75. The Morgan fingerprint density at radius 1 is 1.14 bits per heavy atom. The lowest BCUT2D eigenvalue weighted by molar-refractivity contribution is 0.0720. The van der Waals surface area contributed by atoms with Gasteiger partial charge in [0.2, 0.25) is 5.76 Å². The van der Waals surface area contributed by atoms with Crippen LogP contribution in [0.3, 0.4) is 0 Å². The Bertz CT molecular complexity index is 1150. The summed E-state index contributed by atoms with van der Waals surface area (Å²) in [5, 5.41) is 0.410. The van der Waals surface area contributed by atoms with Crippen LogP contribution in [0.15, 0.2) is 51.7 Å². The van der Waals surface area contributed by atoms with Gasteiger partial charge < -0.3 is 14.2 Å². The summed E-state index contributed by atoms with van der Waals surface area (Å²) in [6, 6.07) is 10.8. The Morgan fingerprint density at radius 3 is 2.62 bits per heavy atom. The zero-order valence-corrected chi connectivity index (χ0v) is 16.7. The average Bonchev–Trinajstić information content (AvgIpc) is 2.95. The van der Waals surface area contributed by atoms with Gasteiger partial charge in [0.1, 0.15) is 11.4 Å². The van der Waals surface area contributed by atoms with Crippen LogP contribution in [0.2, 0.25) is 0 Å². The molecule has 150 valence electrons. The van der Waals surface area contributed by atoms with E-state index in [9.17, 15) is 14.0 Å². The van der Waals surface area contributed by atoms with Gasteiger partial charge in [0, 0.05) is 12.1 Å². The van der Waals surface area contributed by atoms with Crippen molar-refractivity contribution in [1.82, 2.24) is 9.80 Å². The third-order valence-electron chi connectivity index (χ3n) is 5.33. The number of hydrogen-bond donors (Lipinski definition) is 0. The highest BCUT2D eigenvalue weighted by Crippen LogP contribution is 2.39. The molecule has 29 heavy (non-hydrogen) atoms. The lowest BCUT2D eigenvalue weighted by atomic mass is 9.97. The molecule has 1 aliphatic heterocycles. The fourth-order valence-corrected chi connectivity index (χ4v) is 3.94. The van der Waals surface area contributed by atoms with Gasteiger partial charge in [-0.25, -0.2) is 4.39 Å². The van der Waals surface area contributed by atoms with Gasteiger partial charge in [-0.05, 0) is 52.2 Å². The van der Waals surface area contributed by atoms with E-state index in [-0.39, 0.29) is 22.7 Å². The SMILES string of the molecule is Cc1ccc2oc3c(c(=O)c2c1)C(c1ccccc1F)N(CCCN(C)C)C3=O. The minimum Gasteiger partial charge on any atom is -0.450 e. The number of fused-ring (bicyclic) bond motifs is 2. The van der Waals surface area contributed by atoms with Gasteiger partial charge in [-0.3, -0.25) is 9.59 Å². The first-order valence-electron chi connectivity index (χ1n) is 9.66. The minimum atomic E-state index is -0.790. The monoisotopic (exact) mass is 394 g/mol. The van der Waals surface area contributed by atoms with Crippen LogP contribution in [0.25, 0.3) is 11.0 Å². The van der Waals surface area contributed by atoms with Crippen molar-refractivity contribution >= 4 is 16.9 Å². The van der Waals surface area contributed by atoms with Crippen molar-refractivity contribution in [2.24, 2.45) is 0 Å². The van der Waals surface area contributed by atoms with E-state index in [4.69, 9.17) is 4.42 Å². The number of aryl methyl sites for hydroxylation is 1. The molecule has 0 N–H and O–H groups in total. The predicted octanol–water partition coefficient (Wildman–Crippen LogP) is 3.74. The molecule has 0 bridgehead atoms. The molecule has 0 saturated carbocycles. The van der Waals surface area contributed by atoms with Crippen molar-refractivity contribution in [3.05, 3.63) is 81.0 Å². The molecule has 0 fully saturated rings. The molecule has 0 saturated heterocycles. The molecule has 1 amide bonds. The number of benzene rings is 2. The quantitative estimate of drug-likeness (QED) is 0.662. The standard InChI is InChI=1S/C23H23FN2O3/c1-14-9-10-18-16(13-14)21(27)19-20(15-7-4-5-8-17(15)24)26(12-6-11-25(2)3)23(28)22(19)29-18/h4-5,7-10,13,20H,6,11-12H2,1-3H3. The van der Waals surface area contributed by atoms with E-state index in [0.717, 1.165) is 12.1 Å². The molecule has 1 aromatic heterocycles. The fourth-order valence-electron chi connectivity index (χ4n) is 3.94. The first-order valence-corrected chi connectivity index (χ1v) is 9.66. The molecule has 1 atom stereocenters. The molecule has 2 aromatic carbocycles. The van der Waals surface area contributed by atoms with Gasteiger partial charge in [0.15, 0.2) is 5.43 Å². The molecule has 5 nitrogen and oxygen atoms in total. The van der Waals surface area contributed by atoms with Crippen LogP contribution in [0, 0.1) is 12.7 Å². The normalized spacial score (nSPS) is 16.1. The summed E-state index contributed by atoms with van der Waals surface area (Å²) in [5.74, 6) is -0.796. The van der Waals surface area contributed by atoms with E-state index in [2.05, 4.69) is 0 Å². The third-order valence-corrected chi connectivity index (χ3v) is 5.33. The zero-order valence-electron chi connectivity index (χ0n) is 16.7.